The van der Waals surface area contributed by atoms with Crippen LogP contribution < -0.4 is 0 Å². The van der Waals surface area contributed by atoms with Crippen molar-refractivity contribution in [1.82, 2.24) is 5.06 Å². The minimum absolute atomic E-state index is 0. The topological polar surface area (TPSA) is 29.5 Å². The molecule has 13 heavy (non-hydrogen) atoms. The van der Waals surface area contributed by atoms with Crippen LogP contribution in [-0.2, 0) is 9.63 Å². The van der Waals surface area contributed by atoms with E-state index < -0.39 is 0 Å². The Morgan fingerprint density at radius 3 is 1.92 bits per heavy atom. The fraction of sp³-hybridized carbons (Fsp3) is 0.889. The summed E-state index contributed by atoms with van der Waals surface area (Å²) in [5, 5.41) is 1.74. The van der Waals surface area contributed by atoms with Crippen LogP contribution in [0.2, 0.25) is 0 Å². The summed E-state index contributed by atoms with van der Waals surface area (Å²) in [4.78, 5) is 14.9. The van der Waals surface area contributed by atoms with Gasteiger partial charge in [0.25, 0.3) is 0 Å². The van der Waals surface area contributed by atoms with Gasteiger partial charge in [-0.05, 0) is 12.8 Å². The number of carbonyl (C=O) groups is 1. The molecule has 0 aliphatic carbocycles. The van der Waals surface area contributed by atoms with Gasteiger partial charge in [-0.2, -0.15) is 0 Å². The second-order valence-electron chi connectivity index (χ2n) is 2.84. The van der Waals surface area contributed by atoms with Crippen molar-refractivity contribution >= 4 is 6.47 Å². The molecule has 0 atom stereocenters. The van der Waals surface area contributed by atoms with Crippen LogP contribution in [0.5, 0.6) is 0 Å². The van der Waals surface area contributed by atoms with E-state index in [-0.39, 0.29) is 40.8 Å². The summed E-state index contributed by atoms with van der Waals surface area (Å²) >= 11 is 0. The maximum Gasteiger partial charge on any atom is 0.312 e. The van der Waals surface area contributed by atoms with Crippen molar-refractivity contribution in [3.05, 3.63) is 0 Å². The Kier molecular flexibility index (Phi) is 15.9. The third-order valence-electron chi connectivity index (χ3n) is 1.71. The molecular weight excluding hydrogens is 298 g/mol. The van der Waals surface area contributed by atoms with E-state index in [9.17, 15) is 4.79 Å². The van der Waals surface area contributed by atoms with E-state index in [0.717, 1.165) is 38.8 Å². The molecule has 4 heteroatoms. The van der Waals surface area contributed by atoms with E-state index >= 15 is 0 Å². The minimum atomic E-state index is 0. The molecule has 0 aromatic carbocycles. The van der Waals surface area contributed by atoms with Crippen LogP contribution in [0, 0.1) is 40.8 Å². The fourth-order valence-electron chi connectivity index (χ4n) is 0.947. The van der Waals surface area contributed by atoms with Crippen LogP contribution in [0.3, 0.4) is 0 Å². The van der Waals surface area contributed by atoms with Gasteiger partial charge in [0.1, 0.15) is 0 Å². The van der Waals surface area contributed by atoms with Gasteiger partial charge in [0, 0.05) is 53.9 Å². The first-order chi connectivity index (χ1) is 5.85. The third kappa shape index (κ3) is 10.7. The first kappa shape index (κ1) is 16.2. The molecule has 0 radical (unpaired) electrons. The van der Waals surface area contributed by atoms with Gasteiger partial charge in [-0.1, -0.05) is 26.7 Å². The molecule has 0 aliphatic heterocycles. The van der Waals surface area contributed by atoms with Gasteiger partial charge in [0.15, 0.2) is 0 Å². The molecule has 0 aliphatic rings. The third-order valence-corrected chi connectivity index (χ3v) is 1.71. The molecular formula is C9H19NNdO2. The van der Waals surface area contributed by atoms with Gasteiger partial charge in [-0.3, -0.25) is 4.79 Å². The summed E-state index contributed by atoms with van der Waals surface area (Å²) in [6.45, 7) is 6.47. The summed E-state index contributed by atoms with van der Waals surface area (Å²) in [6, 6.07) is 0. The van der Waals surface area contributed by atoms with Crippen LogP contribution in [0.15, 0.2) is 0 Å². The molecule has 0 amide bonds. The van der Waals surface area contributed by atoms with Gasteiger partial charge in [0.2, 0.25) is 0 Å². The Balaban J connectivity index is 0. The van der Waals surface area contributed by atoms with Crippen molar-refractivity contribution in [3.63, 3.8) is 0 Å². The number of hydroxylamine groups is 2. The van der Waals surface area contributed by atoms with Crippen LogP contribution in [0.4, 0.5) is 0 Å². The second-order valence-corrected chi connectivity index (χ2v) is 2.84. The van der Waals surface area contributed by atoms with E-state index in [4.69, 9.17) is 4.84 Å². The van der Waals surface area contributed by atoms with Crippen molar-refractivity contribution in [3.8, 4) is 0 Å². The molecule has 0 saturated heterocycles. The number of rotatable bonds is 8. The largest absolute Gasteiger partial charge is 0.371 e. The molecule has 0 unspecified atom stereocenters. The Morgan fingerprint density at radius 1 is 1.15 bits per heavy atom. The van der Waals surface area contributed by atoms with Gasteiger partial charge in [0.05, 0.1) is 0 Å². The number of unbranched alkanes of at least 4 members (excludes halogenated alkanes) is 2. The number of hydrogen-bond acceptors (Lipinski definition) is 3. The summed E-state index contributed by atoms with van der Waals surface area (Å²) in [5.74, 6) is 0. The molecule has 0 aromatic heterocycles. The van der Waals surface area contributed by atoms with E-state index in [1.165, 1.54) is 0 Å². The molecule has 76 valence electrons. The maximum atomic E-state index is 10.1. The van der Waals surface area contributed by atoms with Crippen molar-refractivity contribution in [2.45, 2.75) is 39.5 Å². The predicted octanol–water partition coefficient (Wildman–Crippen LogP) is 1.98. The standard InChI is InChI=1S/C9H19NO2.Nd/c1-3-5-7-10(12-9-11)8-6-4-2;/h9H,3-8H2,1-2H3;. The summed E-state index contributed by atoms with van der Waals surface area (Å²) in [7, 11) is 0. The van der Waals surface area contributed by atoms with Crippen molar-refractivity contribution < 1.29 is 50.5 Å². The zero-order chi connectivity index (χ0) is 9.23. The molecule has 0 spiro atoms. The zero-order valence-corrected chi connectivity index (χ0v) is 11.8. The quantitative estimate of drug-likeness (QED) is 0.506. The van der Waals surface area contributed by atoms with Crippen LogP contribution in [-0.4, -0.2) is 24.6 Å². The van der Waals surface area contributed by atoms with Gasteiger partial charge in [-0.25, -0.2) is 0 Å². The molecule has 0 aromatic rings. The zero-order valence-electron chi connectivity index (χ0n) is 8.58. The van der Waals surface area contributed by atoms with E-state index in [1.807, 2.05) is 0 Å². The smallest absolute Gasteiger partial charge is 0.312 e. The molecule has 3 nitrogen and oxygen atoms in total. The number of nitrogens with zero attached hydrogens (tertiary/aromatic N) is 1. The Labute approximate surface area is 114 Å². The van der Waals surface area contributed by atoms with Crippen LogP contribution in [0.1, 0.15) is 39.5 Å². The van der Waals surface area contributed by atoms with E-state index in [2.05, 4.69) is 13.8 Å². The first-order valence-electron chi connectivity index (χ1n) is 4.70. The fourth-order valence-corrected chi connectivity index (χ4v) is 0.947. The van der Waals surface area contributed by atoms with Gasteiger partial charge < -0.3 is 4.84 Å². The van der Waals surface area contributed by atoms with Crippen LogP contribution >= 0.6 is 0 Å². The molecule has 0 heterocycles. The summed E-state index contributed by atoms with van der Waals surface area (Å²) < 4.78 is 0. The first-order valence-corrected chi connectivity index (χ1v) is 4.70. The number of hydrogen-bond donors (Lipinski definition) is 0. The van der Waals surface area contributed by atoms with Crippen molar-refractivity contribution in [2.24, 2.45) is 0 Å². The Morgan fingerprint density at radius 2 is 1.62 bits per heavy atom. The summed E-state index contributed by atoms with van der Waals surface area (Å²) in [5.41, 5.74) is 0. The second kappa shape index (κ2) is 12.8. The maximum absolute atomic E-state index is 10.1. The molecule has 0 N–H and O–H groups in total. The minimum Gasteiger partial charge on any atom is -0.371 e. The summed E-state index contributed by atoms with van der Waals surface area (Å²) in [6.07, 6.45) is 4.42. The molecule has 0 fully saturated rings. The molecule has 0 saturated carbocycles. The van der Waals surface area contributed by atoms with Crippen LogP contribution in [0.25, 0.3) is 0 Å². The molecule has 0 rings (SSSR count). The van der Waals surface area contributed by atoms with Crippen molar-refractivity contribution in [1.29, 1.82) is 0 Å². The SMILES string of the molecule is CCCCN(CCCC)OC=O.[Nd]. The normalized spacial score (nSPS) is 9.46. The molecule has 0 bridgehead atoms. The van der Waals surface area contributed by atoms with Gasteiger partial charge >= 0.3 is 6.47 Å². The average molecular weight is 317 g/mol. The van der Waals surface area contributed by atoms with Crippen molar-refractivity contribution in [2.75, 3.05) is 13.1 Å². The van der Waals surface area contributed by atoms with E-state index in [1.54, 1.807) is 5.06 Å². The van der Waals surface area contributed by atoms with E-state index in [0.29, 0.717) is 6.47 Å². The Bertz CT molecular complexity index is 104. The van der Waals surface area contributed by atoms with Gasteiger partial charge in [-0.15, -0.1) is 5.06 Å². The Hall–Kier alpha value is 0.781. The average Bonchev–Trinajstić information content (AvgIpc) is 2.10. The monoisotopic (exact) mass is 315 g/mol. The number of carbonyl (C=O) groups excluding carboxylic acids is 1. The predicted molar refractivity (Wildman–Crippen MR) is 48.5 cm³/mol.